The third-order valence-electron chi connectivity index (χ3n) is 10.4. The number of hydrogen-bond acceptors (Lipinski definition) is 10. The lowest BCUT2D eigenvalue weighted by molar-refractivity contribution is -0.141. The summed E-state index contributed by atoms with van der Waals surface area (Å²) >= 11 is 14.1. The predicted molar refractivity (Wildman–Crippen MR) is 193 cm³/mol. The number of fused-ring (bicyclic) bond motifs is 2. The highest BCUT2D eigenvalue weighted by atomic mass is 35.5. The van der Waals surface area contributed by atoms with E-state index in [1.54, 1.807) is 18.3 Å². The number of carboxylic acid groups (broad SMARTS) is 1. The van der Waals surface area contributed by atoms with Crippen molar-refractivity contribution in [2.75, 3.05) is 33.3 Å². The Hall–Kier alpha value is -4.40. The minimum Gasteiger partial charge on any atom is -0.481 e. The number of benzene rings is 3. The number of nitrogens with zero attached hydrogens (tertiary/aromatic N) is 5. The molecule has 1 aliphatic carbocycles. The zero-order chi connectivity index (χ0) is 37.0. The van der Waals surface area contributed by atoms with Crippen LogP contribution in [0.2, 0.25) is 10.0 Å². The summed E-state index contributed by atoms with van der Waals surface area (Å²) in [6.07, 6.45) is 3.62. The molecule has 2 N–H and O–H groups in total. The van der Waals surface area contributed by atoms with Crippen LogP contribution in [0.5, 0.6) is 11.6 Å². The normalized spacial score (nSPS) is 20.5. The Morgan fingerprint density at radius 2 is 1.75 bits per heavy atom. The lowest BCUT2D eigenvalue weighted by Gasteiger charge is -2.24. The SMILES string of the molecule is COc1nc(-c2cccc(-c3cccc(-c4nc5cc6c(c(OC(F)F)c5o4)CC[C@H]6N4CC[C@@H](C(=O)O)C4)c3Cl)c2Cl)cnc1CN1CC[C@@H](O)C1. The third kappa shape index (κ3) is 6.69. The first kappa shape index (κ1) is 35.6. The lowest BCUT2D eigenvalue weighted by atomic mass is 9.99. The van der Waals surface area contributed by atoms with Gasteiger partial charge >= 0.3 is 12.6 Å². The van der Waals surface area contributed by atoms with Gasteiger partial charge in [0.05, 0.1) is 46.6 Å². The van der Waals surface area contributed by atoms with Crippen LogP contribution in [0.25, 0.3) is 44.9 Å². The minimum absolute atomic E-state index is 0.0636. The topological polar surface area (TPSA) is 134 Å². The molecule has 2 saturated heterocycles. The summed E-state index contributed by atoms with van der Waals surface area (Å²) in [5.41, 5.74) is 5.16. The average Bonchev–Trinajstić information content (AvgIpc) is 3.95. The highest BCUT2D eigenvalue weighted by Gasteiger charge is 2.38. The number of carbonyl (C=O) groups is 1. The van der Waals surface area contributed by atoms with Crippen molar-refractivity contribution in [1.82, 2.24) is 24.8 Å². The maximum absolute atomic E-state index is 13.8. The van der Waals surface area contributed by atoms with E-state index in [0.29, 0.717) is 107 Å². The zero-order valence-corrected chi connectivity index (χ0v) is 30.1. The molecule has 0 radical (unpaired) electrons. The molecule has 0 saturated carbocycles. The van der Waals surface area contributed by atoms with Crippen LogP contribution in [-0.2, 0) is 17.8 Å². The zero-order valence-electron chi connectivity index (χ0n) is 28.6. The molecule has 4 heterocycles. The van der Waals surface area contributed by atoms with E-state index in [1.807, 2.05) is 30.3 Å². The first-order valence-corrected chi connectivity index (χ1v) is 18.1. The van der Waals surface area contributed by atoms with Gasteiger partial charge in [0.1, 0.15) is 11.2 Å². The number of likely N-dealkylation sites (tertiary alicyclic amines) is 2. The molecule has 3 aromatic carbocycles. The molecule has 276 valence electrons. The Balaban J connectivity index is 1.14. The highest BCUT2D eigenvalue weighted by Crippen LogP contribution is 2.48. The first-order valence-electron chi connectivity index (χ1n) is 17.4. The average molecular weight is 767 g/mol. The molecule has 8 rings (SSSR count). The molecule has 3 atom stereocenters. The van der Waals surface area contributed by atoms with E-state index in [1.165, 1.54) is 7.11 Å². The summed E-state index contributed by atoms with van der Waals surface area (Å²) in [5.74, 6) is -0.901. The highest BCUT2D eigenvalue weighted by molar-refractivity contribution is 6.39. The molecule has 3 aliphatic rings. The number of rotatable bonds is 10. The summed E-state index contributed by atoms with van der Waals surface area (Å²) in [6.45, 7) is -0.309. The quantitative estimate of drug-likeness (QED) is 0.146. The van der Waals surface area contributed by atoms with E-state index in [-0.39, 0.29) is 34.4 Å². The predicted octanol–water partition coefficient (Wildman–Crippen LogP) is 7.50. The second-order valence-electron chi connectivity index (χ2n) is 13.6. The number of aliphatic carboxylic acids is 1. The summed E-state index contributed by atoms with van der Waals surface area (Å²) in [6, 6.07) is 12.5. The standard InChI is InChI=1S/C38H35Cl2F2N5O6/c1-51-36-29(18-46-12-11-20(48)17-46)43-15-28(45-36)24-6-2-4-21(31(24)39)22-5-3-7-25(32(22)40)35-44-27-14-26-23(33(34(27)52-35)53-38(41)42)8-9-30(26)47-13-10-19(16-47)37(49)50/h2-7,14-15,19-20,30,38,48H,8-13,16-18H2,1H3,(H,49,50)/t19-,20-,30-/m1/s1. The van der Waals surface area contributed by atoms with Crippen molar-refractivity contribution in [2.45, 2.75) is 51.0 Å². The van der Waals surface area contributed by atoms with E-state index in [9.17, 15) is 23.8 Å². The number of aliphatic hydroxyl groups is 1. The number of ether oxygens (including phenoxy) is 2. The number of methoxy groups -OCH3 is 1. The Morgan fingerprint density at radius 1 is 1.02 bits per heavy atom. The van der Waals surface area contributed by atoms with Crippen LogP contribution in [-0.4, -0.2) is 86.9 Å². The number of oxazole rings is 1. The molecule has 11 nitrogen and oxygen atoms in total. The largest absolute Gasteiger partial charge is 0.481 e. The number of halogens is 4. The van der Waals surface area contributed by atoms with Crippen LogP contribution in [0.1, 0.15) is 42.1 Å². The molecule has 0 unspecified atom stereocenters. The van der Waals surface area contributed by atoms with Gasteiger partial charge in [0.25, 0.3) is 0 Å². The summed E-state index contributed by atoms with van der Waals surface area (Å²) in [5, 5.41) is 20.1. The van der Waals surface area contributed by atoms with Gasteiger partial charge in [-0.15, -0.1) is 0 Å². The van der Waals surface area contributed by atoms with Crippen LogP contribution in [0.3, 0.4) is 0 Å². The van der Waals surface area contributed by atoms with E-state index < -0.39 is 18.5 Å². The molecule has 2 aromatic heterocycles. The van der Waals surface area contributed by atoms with Crippen LogP contribution in [0.15, 0.2) is 53.1 Å². The van der Waals surface area contributed by atoms with Gasteiger partial charge in [0.15, 0.2) is 11.3 Å². The molecule has 5 aromatic rings. The van der Waals surface area contributed by atoms with Crippen LogP contribution in [0, 0.1) is 5.92 Å². The van der Waals surface area contributed by atoms with Crippen LogP contribution < -0.4 is 9.47 Å². The van der Waals surface area contributed by atoms with Gasteiger partial charge < -0.3 is 24.1 Å². The maximum Gasteiger partial charge on any atom is 0.387 e. The van der Waals surface area contributed by atoms with E-state index >= 15 is 0 Å². The fourth-order valence-corrected chi connectivity index (χ4v) is 8.51. The second kappa shape index (κ2) is 14.4. The van der Waals surface area contributed by atoms with Crippen molar-refractivity contribution in [3.05, 3.63) is 75.5 Å². The van der Waals surface area contributed by atoms with E-state index in [4.69, 9.17) is 47.1 Å². The van der Waals surface area contributed by atoms with Crippen molar-refractivity contribution < 1.29 is 37.7 Å². The van der Waals surface area contributed by atoms with Gasteiger partial charge in [-0.2, -0.15) is 8.78 Å². The minimum atomic E-state index is -3.10. The summed E-state index contributed by atoms with van der Waals surface area (Å²) in [7, 11) is 1.53. The smallest absolute Gasteiger partial charge is 0.387 e. The fourth-order valence-electron chi connectivity index (χ4n) is 7.88. The number of β-amino-alcohol motifs (C(OH)–C–C–N with tert-alkyl or cyclic N) is 1. The number of aliphatic hydroxyl groups excluding tert-OH is 1. The molecule has 0 bridgehead atoms. The molecular formula is C38H35Cl2F2N5O6. The Labute approximate surface area is 313 Å². The molecule has 0 spiro atoms. The van der Waals surface area contributed by atoms with E-state index in [0.717, 1.165) is 12.1 Å². The van der Waals surface area contributed by atoms with Crippen molar-refractivity contribution in [3.8, 4) is 45.5 Å². The third-order valence-corrected chi connectivity index (χ3v) is 11.3. The Kier molecular flexibility index (Phi) is 9.71. The van der Waals surface area contributed by atoms with Gasteiger partial charge in [-0.3, -0.25) is 19.6 Å². The van der Waals surface area contributed by atoms with E-state index in [2.05, 4.69) is 14.8 Å². The monoisotopic (exact) mass is 765 g/mol. The van der Waals surface area contributed by atoms with Crippen molar-refractivity contribution >= 4 is 40.3 Å². The van der Waals surface area contributed by atoms with Crippen LogP contribution in [0.4, 0.5) is 8.78 Å². The molecule has 53 heavy (non-hydrogen) atoms. The van der Waals surface area contributed by atoms with Gasteiger partial charge in [-0.25, -0.2) is 9.97 Å². The Bertz CT molecular complexity index is 2220. The number of hydrogen-bond donors (Lipinski definition) is 2. The fraction of sp³-hybridized carbons (Fsp3) is 0.368. The molecule has 2 fully saturated rings. The Morgan fingerprint density at radius 3 is 2.43 bits per heavy atom. The molecule has 15 heteroatoms. The van der Waals surface area contributed by atoms with Gasteiger partial charge in [-0.05, 0) is 49.9 Å². The first-order chi connectivity index (χ1) is 25.6. The van der Waals surface area contributed by atoms with Gasteiger partial charge in [0, 0.05) is 54.5 Å². The second-order valence-corrected chi connectivity index (χ2v) is 14.4. The van der Waals surface area contributed by atoms with Crippen molar-refractivity contribution in [1.29, 1.82) is 0 Å². The summed E-state index contributed by atoms with van der Waals surface area (Å²) in [4.78, 5) is 29.9. The van der Waals surface area contributed by atoms with Crippen molar-refractivity contribution in [3.63, 3.8) is 0 Å². The molecule has 0 amide bonds. The van der Waals surface area contributed by atoms with Crippen LogP contribution >= 0.6 is 23.2 Å². The number of aromatic nitrogens is 3. The van der Waals surface area contributed by atoms with Crippen molar-refractivity contribution in [2.24, 2.45) is 5.92 Å². The number of carboxylic acids is 1. The number of alkyl halides is 2. The maximum atomic E-state index is 13.8. The molecule has 2 aliphatic heterocycles. The summed E-state index contributed by atoms with van der Waals surface area (Å²) < 4.78 is 44.5. The lowest BCUT2D eigenvalue weighted by Crippen LogP contribution is -2.26. The van der Waals surface area contributed by atoms with Gasteiger partial charge in [-0.1, -0.05) is 53.5 Å². The molecular weight excluding hydrogens is 731 g/mol. The van der Waals surface area contributed by atoms with Gasteiger partial charge in [0.2, 0.25) is 11.8 Å².